The molecule has 1 atom stereocenters. The van der Waals surface area contributed by atoms with Crippen LogP contribution in [0.2, 0.25) is 0 Å². The van der Waals surface area contributed by atoms with Crippen molar-refractivity contribution < 1.29 is 9.90 Å². The van der Waals surface area contributed by atoms with Crippen molar-refractivity contribution in [2.24, 2.45) is 0 Å². The minimum atomic E-state index is -0.0410. The molecule has 2 heterocycles. The van der Waals surface area contributed by atoms with Gasteiger partial charge >= 0.3 is 0 Å². The van der Waals surface area contributed by atoms with E-state index in [1.165, 1.54) is 0 Å². The number of hydrogen-bond donors (Lipinski definition) is 3. The average Bonchev–Trinajstić information content (AvgIpc) is 2.73. The van der Waals surface area contributed by atoms with Crippen molar-refractivity contribution in [3.05, 3.63) is 30.1 Å². The van der Waals surface area contributed by atoms with Crippen LogP contribution in [0.4, 0.5) is 0 Å². The minimum absolute atomic E-state index is 0.00849. The van der Waals surface area contributed by atoms with Gasteiger partial charge < -0.3 is 15.4 Å². The topological polar surface area (TPSA) is 78.0 Å². The van der Waals surface area contributed by atoms with Crippen LogP contribution in [0.5, 0.6) is 0 Å². The molecule has 2 aromatic rings. The summed E-state index contributed by atoms with van der Waals surface area (Å²) in [4.78, 5) is 19.0. The largest absolute Gasteiger partial charge is 0.396 e. The predicted molar refractivity (Wildman–Crippen MR) is 69.1 cm³/mol. The number of aliphatic hydroxyl groups is 1. The lowest BCUT2D eigenvalue weighted by Crippen LogP contribution is -2.34. The van der Waals surface area contributed by atoms with Gasteiger partial charge in [-0.2, -0.15) is 0 Å². The highest BCUT2D eigenvalue weighted by Gasteiger charge is 2.11. The maximum atomic E-state index is 11.8. The van der Waals surface area contributed by atoms with Crippen LogP contribution in [0.25, 0.3) is 11.0 Å². The summed E-state index contributed by atoms with van der Waals surface area (Å²) in [6, 6.07) is 3.79. The van der Waals surface area contributed by atoms with Crippen molar-refractivity contribution in [3.63, 3.8) is 0 Å². The van der Waals surface area contributed by atoms with E-state index in [1.54, 1.807) is 6.20 Å². The van der Waals surface area contributed by atoms with Gasteiger partial charge in [-0.3, -0.25) is 4.79 Å². The molecule has 0 saturated heterocycles. The zero-order valence-corrected chi connectivity index (χ0v) is 10.3. The molecule has 0 aliphatic rings. The Hall–Kier alpha value is -1.88. The fourth-order valence-corrected chi connectivity index (χ4v) is 1.92. The van der Waals surface area contributed by atoms with Crippen LogP contribution in [0, 0.1) is 0 Å². The van der Waals surface area contributed by atoms with Crippen molar-refractivity contribution in [2.75, 3.05) is 6.61 Å². The SMILES string of the molecule is CC(CCO)NC(=O)Cc1c[nH]c2ncccc12. The van der Waals surface area contributed by atoms with Gasteiger partial charge in [-0.25, -0.2) is 4.98 Å². The number of aliphatic hydroxyl groups excluding tert-OH is 1. The molecule has 5 nitrogen and oxygen atoms in total. The van der Waals surface area contributed by atoms with Crippen molar-refractivity contribution >= 4 is 16.9 Å². The first-order valence-corrected chi connectivity index (χ1v) is 6.02. The molecule has 3 N–H and O–H groups in total. The third-order valence-corrected chi connectivity index (χ3v) is 2.86. The summed E-state index contributed by atoms with van der Waals surface area (Å²) in [5.41, 5.74) is 1.73. The Balaban J connectivity index is 2.03. The fraction of sp³-hybridized carbons (Fsp3) is 0.385. The second-order valence-corrected chi connectivity index (χ2v) is 4.37. The van der Waals surface area contributed by atoms with E-state index >= 15 is 0 Å². The van der Waals surface area contributed by atoms with Crippen LogP contribution in [0.1, 0.15) is 18.9 Å². The highest BCUT2D eigenvalue weighted by Crippen LogP contribution is 2.15. The summed E-state index contributed by atoms with van der Waals surface area (Å²) in [5.74, 6) is -0.0410. The maximum Gasteiger partial charge on any atom is 0.224 e. The summed E-state index contributed by atoms with van der Waals surface area (Å²) in [6.45, 7) is 1.96. The number of nitrogens with one attached hydrogen (secondary N) is 2. The van der Waals surface area contributed by atoms with Crippen LogP contribution in [0.3, 0.4) is 0 Å². The van der Waals surface area contributed by atoms with Gasteiger partial charge in [-0.15, -0.1) is 0 Å². The van der Waals surface area contributed by atoms with E-state index in [1.807, 2.05) is 25.3 Å². The second-order valence-electron chi connectivity index (χ2n) is 4.37. The van der Waals surface area contributed by atoms with Gasteiger partial charge in [-0.05, 0) is 31.0 Å². The third-order valence-electron chi connectivity index (χ3n) is 2.86. The number of pyridine rings is 1. The standard InChI is InChI=1S/C13H17N3O2/c1-9(4-6-17)16-12(18)7-10-8-15-13-11(10)3-2-5-14-13/h2-3,5,8-9,17H,4,6-7H2,1H3,(H,14,15)(H,16,18). The summed E-state index contributed by atoms with van der Waals surface area (Å²) < 4.78 is 0. The van der Waals surface area contributed by atoms with Gasteiger partial charge in [0.05, 0.1) is 6.42 Å². The molecule has 2 aromatic heterocycles. The lowest BCUT2D eigenvalue weighted by molar-refractivity contribution is -0.121. The van der Waals surface area contributed by atoms with Gasteiger partial charge in [-0.1, -0.05) is 0 Å². The van der Waals surface area contributed by atoms with Crippen LogP contribution < -0.4 is 5.32 Å². The monoisotopic (exact) mass is 247 g/mol. The van der Waals surface area contributed by atoms with Crippen molar-refractivity contribution in [1.82, 2.24) is 15.3 Å². The number of carbonyl (C=O) groups excluding carboxylic acids is 1. The Labute approximate surface area is 105 Å². The summed E-state index contributed by atoms with van der Waals surface area (Å²) in [6.07, 6.45) is 4.42. The van der Waals surface area contributed by atoms with Gasteiger partial charge in [0.25, 0.3) is 0 Å². The molecule has 0 fully saturated rings. The van der Waals surface area contributed by atoms with E-state index in [0.29, 0.717) is 12.8 Å². The Morgan fingerprint density at radius 3 is 3.22 bits per heavy atom. The molecule has 1 amide bonds. The maximum absolute atomic E-state index is 11.8. The molecule has 2 rings (SSSR count). The summed E-state index contributed by atoms with van der Waals surface area (Å²) >= 11 is 0. The van der Waals surface area contributed by atoms with E-state index in [9.17, 15) is 4.79 Å². The number of rotatable bonds is 5. The number of hydrogen-bond acceptors (Lipinski definition) is 3. The molecule has 0 aliphatic carbocycles. The predicted octanol–water partition coefficient (Wildman–Crippen LogP) is 0.992. The number of H-pyrrole nitrogens is 1. The Morgan fingerprint density at radius 1 is 1.61 bits per heavy atom. The molecule has 0 aromatic carbocycles. The average molecular weight is 247 g/mol. The zero-order chi connectivity index (χ0) is 13.0. The number of fused-ring (bicyclic) bond motifs is 1. The summed E-state index contributed by atoms with van der Waals surface area (Å²) in [5, 5.41) is 12.6. The van der Waals surface area contributed by atoms with Crippen molar-refractivity contribution in [1.29, 1.82) is 0 Å². The summed E-state index contributed by atoms with van der Waals surface area (Å²) in [7, 11) is 0. The van der Waals surface area contributed by atoms with Gasteiger partial charge in [0.2, 0.25) is 5.91 Å². The van der Waals surface area contributed by atoms with Crippen LogP contribution >= 0.6 is 0 Å². The van der Waals surface area contributed by atoms with Crippen molar-refractivity contribution in [2.45, 2.75) is 25.8 Å². The van der Waals surface area contributed by atoms with Gasteiger partial charge in [0.15, 0.2) is 0 Å². The Kier molecular flexibility index (Phi) is 3.94. The van der Waals surface area contributed by atoms with E-state index < -0.39 is 0 Å². The normalized spacial score (nSPS) is 12.6. The molecule has 0 radical (unpaired) electrons. The molecular weight excluding hydrogens is 230 g/mol. The Bertz CT molecular complexity index is 536. The highest BCUT2D eigenvalue weighted by molar-refractivity contribution is 5.87. The number of nitrogens with zero attached hydrogens (tertiary/aromatic N) is 1. The zero-order valence-electron chi connectivity index (χ0n) is 10.3. The number of aromatic nitrogens is 2. The number of amides is 1. The molecule has 0 saturated carbocycles. The minimum Gasteiger partial charge on any atom is -0.396 e. The fourth-order valence-electron chi connectivity index (χ4n) is 1.92. The molecule has 0 bridgehead atoms. The smallest absolute Gasteiger partial charge is 0.224 e. The van der Waals surface area contributed by atoms with Gasteiger partial charge in [0.1, 0.15) is 5.65 Å². The number of aromatic amines is 1. The van der Waals surface area contributed by atoms with Gasteiger partial charge in [0, 0.05) is 30.4 Å². The molecule has 1 unspecified atom stereocenters. The Morgan fingerprint density at radius 2 is 2.44 bits per heavy atom. The molecule has 0 spiro atoms. The molecular formula is C13H17N3O2. The number of carbonyl (C=O) groups is 1. The van der Waals surface area contributed by atoms with E-state index in [4.69, 9.17) is 5.11 Å². The van der Waals surface area contributed by atoms with Crippen molar-refractivity contribution in [3.8, 4) is 0 Å². The van der Waals surface area contributed by atoms with Crippen LogP contribution in [-0.4, -0.2) is 33.6 Å². The first-order valence-electron chi connectivity index (χ1n) is 6.02. The lowest BCUT2D eigenvalue weighted by Gasteiger charge is -2.11. The van der Waals surface area contributed by atoms with Crippen LogP contribution in [-0.2, 0) is 11.2 Å². The third kappa shape index (κ3) is 2.87. The van der Waals surface area contributed by atoms with E-state index in [0.717, 1.165) is 16.6 Å². The van der Waals surface area contributed by atoms with E-state index in [2.05, 4.69) is 15.3 Å². The highest BCUT2D eigenvalue weighted by atomic mass is 16.3. The molecule has 5 heteroatoms. The second kappa shape index (κ2) is 5.64. The quantitative estimate of drug-likeness (QED) is 0.737. The molecule has 0 aliphatic heterocycles. The lowest BCUT2D eigenvalue weighted by atomic mass is 10.1. The van der Waals surface area contributed by atoms with Crippen LogP contribution in [0.15, 0.2) is 24.5 Å². The van der Waals surface area contributed by atoms with E-state index in [-0.39, 0.29) is 18.6 Å². The molecule has 18 heavy (non-hydrogen) atoms. The first-order chi connectivity index (χ1) is 8.70. The first kappa shape index (κ1) is 12.6. The molecule has 96 valence electrons.